The van der Waals surface area contributed by atoms with Crippen LogP contribution in [0.3, 0.4) is 0 Å². The Morgan fingerprint density at radius 1 is 1.33 bits per heavy atom. The van der Waals surface area contributed by atoms with Crippen molar-refractivity contribution in [2.75, 3.05) is 0 Å². The highest BCUT2D eigenvalue weighted by Crippen LogP contribution is 2.20. The molecule has 2 rings (SSSR count). The lowest BCUT2D eigenvalue weighted by atomic mass is 10.1. The third-order valence-electron chi connectivity index (χ3n) is 2.21. The monoisotopic (exact) mass is 219 g/mol. The van der Waals surface area contributed by atoms with Crippen LogP contribution >= 0.6 is 11.3 Å². The van der Waals surface area contributed by atoms with Gasteiger partial charge >= 0.3 is 0 Å². The predicted molar refractivity (Wildman–Crippen MR) is 61.9 cm³/mol. The fraction of sp³-hybridized carbons (Fsp3) is 0.273. The standard InChI is InChI=1S/C11H13N3S/c1-7-3-9(5-13-4-7)11(12)10-6-15-8(2)14-10/h3-6,11H,12H2,1-2H3. The van der Waals surface area contributed by atoms with Crippen molar-refractivity contribution in [2.45, 2.75) is 19.9 Å². The van der Waals surface area contributed by atoms with Gasteiger partial charge in [-0.15, -0.1) is 11.3 Å². The Morgan fingerprint density at radius 3 is 2.73 bits per heavy atom. The van der Waals surface area contributed by atoms with Crippen molar-refractivity contribution in [1.29, 1.82) is 0 Å². The third-order valence-corrected chi connectivity index (χ3v) is 3.00. The number of rotatable bonds is 2. The van der Waals surface area contributed by atoms with Crippen LogP contribution in [0.25, 0.3) is 0 Å². The van der Waals surface area contributed by atoms with Gasteiger partial charge in [-0.25, -0.2) is 4.98 Å². The van der Waals surface area contributed by atoms with Gasteiger partial charge in [0.2, 0.25) is 0 Å². The quantitative estimate of drug-likeness (QED) is 0.842. The fourth-order valence-corrected chi connectivity index (χ4v) is 2.09. The van der Waals surface area contributed by atoms with E-state index in [1.165, 1.54) is 0 Å². The molecular formula is C11H13N3S. The van der Waals surface area contributed by atoms with E-state index in [2.05, 4.69) is 9.97 Å². The second-order valence-electron chi connectivity index (χ2n) is 3.56. The zero-order chi connectivity index (χ0) is 10.8. The minimum absolute atomic E-state index is 0.164. The summed E-state index contributed by atoms with van der Waals surface area (Å²) in [6, 6.07) is 1.88. The van der Waals surface area contributed by atoms with Crippen LogP contribution in [0.1, 0.15) is 27.9 Å². The first kappa shape index (κ1) is 10.3. The number of nitrogens with two attached hydrogens (primary N) is 1. The van der Waals surface area contributed by atoms with Crippen LogP contribution in [-0.2, 0) is 0 Å². The summed E-state index contributed by atoms with van der Waals surface area (Å²) < 4.78 is 0. The molecule has 1 atom stereocenters. The van der Waals surface area contributed by atoms with Gasteiger partial charge in [0.1, 0.15) is 0 Å². The van der Waals surface area contributed by atoms with Crippen LogP contribution in [0.4, 0.5) is 0 Å². The Morgan fingerprint density at radius 2 is 2.13 bits per heavy atom. The van der Waals surface area contributed by atoms with Crippen molar-refractivity contribution in [1.82, 2.24) is 9.97 Å². The summed E-state index contributed by atoms with van der Waals surface area (Å²) in [5.41, 5.74) is 9.16. The lowest BCUT2D eigenvalue weighted by molar-refractivity contribution is 0.826. The van der Waals surface area contributed by atoms with Crippen molar-refractivity contribution in [2.24, 2.45) is 5.73 Å². The maximum atomic E-state index is 6.10. The normalized spacial score (nSPS) is 12.7. The van der Waals surface area contributed by atoms with Crippen molar-refractivity contribution < 1.29 is 0 Å². The molecule has 2 heterocycles. The Kier molecular flexibility index (Phi) is 2.79. The molecule has 0 aliphatic heterocycles. The molecule has 0 saturated carbocycles. The number of hydrogen-bond acceptors (Lipinski definition) is 4. The molecule has 0 fully saturated rings. The van der Waals surface area contributed by atoms with E-state index in [1.54, 1.807) is 17.5 Å². The van der Waals surface area contributed by atoms with Gasteiger partial charge in [-0.2, -0.15) is 0 Å². The second-order valence-corrected chi connectivity index (χ2v) is 4.63. The highest BCUT2D eigenvalue weighted by molar-refractivity contribution is 7.09. The molecule has 3 nitrogen and oxygen atoms in total. The number of thiazole rings is 1. The number of nitrogens with zero attached hydrogens (tertiary/aromatic N) is 2. The second kappa shape index (κ2) is 4.08. The van der Waals surface area contributed by atoms with E-state index in [0.29, 0.717) is 0 Å². The summed E-state index contributed by atoms with van der Waals surface area (Å²) >= 11 is 1.62. The van der Waals surface area contributed by atoms with E-state index < -0.39 is 0 Å². The van der Waals surface area contributed by atoms with E-state index in [0.717, 1.165) is 21.8 Å². The Balaban J connectivity index is 2.32. The molecule has 0 bridgehead atoms. The molecule has 78 valence electrons. The molecule has 0 aromatic carbocycles. The summed E-state index contributed by atoms with van der Waals surface area (Å²) in [4.78, 5) is 8.52. The summed E-state index contributed by atoms with van der Waals surface area (Å²) in [6.07, 6.45) is 3.62. The first-order valence-electron chi connectivity index (χ1n) is 4.76. The smallest absolute Gasteiger partial charge is 0.0898 e. The van der Waals surface area contributed by atoms with Crippen molar-refractivity contribution in [3.63, 3.8) is 0 Å². The van der Waals surface area contributed by atoms with Crippen LogP contribution in [0, 0.1) is 13.8 Å². The van der Waals surface area contributed by atoms with Crippen molar-refractivity contribution in [3.05, 3.63) is 45.7 Å². The average molecular weight is 219 g/mol. The van der Waals surface area contributed by atoms with Gasteiger partial charge in [-0.3, -0.25) is 4.98 Å². The molecule has 0 aliphatic carbocycles. The molecule has 15 heavy (non-hydrogen) atoms. The maximum absolute atomic E-state index is 6.10. The number of pyridine rings is 1. The molecule has 2 N–H and O–H groups in total. The van der Waals surface area contributed by atoms with Crippen molar-refractivity contribution >= 4 is 11.3 Å². The Labute approximate surface area is 93.0 Å². The molecule has 0 aliphatic rings. The van der Waals surface area contributed by atoms with E-state index in [1.807, 2.05) is 31.5 Å². The van der Waals surface area contributed by atoms with Gasteiger partial charge in [-0.05, 0) is 25.0 Å². The SMILES string of the molecule is Cc1cncc(C(N)c2csc(C)n2)c1. The van der Waals surface area contributed by atoms with E-state index in [-0.39, 0.29) is 6.04 Å². The van der Waals surface area contributed by atoms with Gasteiger partial charge in [0.25, 0.3) is 0 Å². The highest BCUT2D eigenvalue weighted by atomic mass is 32.1. The summed E-state index contributed by atoms with van der Waals surface area (Å²) in [5, 5.41) is 3.04. The topological polar surface area (TPSA) is 51.8 Å². The minimum atomic E-state index is -0.164. The molecule has 1 unspecified atom stereocenters. The Hall–Kier alpha value is -1.26. The van der Waals surface area contributed by atoms with Gasteiger partial charge in [0.05, 0.1) is 16.7 Å². The molecule has 0 saturated heterocycles. The zero-order valence-corrected chi connectivity index (χ0v) is 9.58. The van der Waals surface area contributed by atoms with Crippen LogP contribution in [0.2, 0.25) is 0 Å². The average Bonchev–Trinajstić information content (AvgIpc) is 2.64. The van der Waals surface area contributed by atoms with Gasteiger partial charge in [0.15, 0.2) is 0 Å². The minimum Gasteiger partial charge on any atom is -0.319 e. The first-order chi connectivity index (χ1) is 7.16. The number of hydrogen-bond donors (Lipinski definition) is 1. The molecule has 4 heteroatoms. The van der Waals surface area contributed by atoms with Crippen LogP contribution in [0.5, 0.6) is 0 Å². The third kappa shape index (κ3) is 2.22. The van der Waals surface area contributed by atoms with E-state index in [4.69, 9.17) is 5.73 Å². The first-order valence-corrected chi connectivity index (χ1v) is 5.64. The van der Waals surface area contributed by atoms with Gasteiger partial charge < -0.3 is 5.73 Å². The lowest BCUT2D eigenvalue weighted by Gasteiger charge is -2.08. The fourth-order valence-electron chi connectivity index (χ4n) is 1.44. The number of aromatic nitrogens is 2. The lowest BCUT2D eigenvalue weighted by Crippen LogP contribution is -2.12. The molecule has 2 aromatic heterocycles. The summed E-state index contributed by atoms with van der Waals surface area (Å²) in [6.45, 7) is 3.99. The van der Waals surface area contributed by atoms with E-state index >= 15 is 0 Å². The van der Waals surface area contributed by atoms with Crippen molar-refractivity contribution in [3.8, 4) is 0 Å². The predicted octanol–water partition coefficient (Wildman–Crippen LogP) is 2.20. The van der Waals surface area contributed by atoms with Gasteiger partial charge in [0, 0.05) is 17.8 Å². The summed E-state index contributed by atoms with van der Waals surface area (Å²) in [5.74, 6) is 0. The number of aryl methyl sites for hydroxylation is 2. The molecular weight excluding hydrogens is 206 g/mol. The summed E-state index contributed by atoms with van der Waals surface area (Å²) in [7, 11) is 0. The van der Waals surface area contributed by atoms with Crippen LogP contribution in [0.15, 0.2) is 23.8 Å². The zero-order valence-electron chi connectivity index (χ0n) is 8.77. The van der Waals surface area contributed by atoms with Crippen LogP contribution < -0.4 is 5.73 Å². The molecule has 0 amide bonds. The Bertz CT molecular complexity index is 464. The largest absolute Gasteiger partial charge is 0.319 e. The van der Waals surface area contributed by atoms with E-state index in [9.17, 15) is 0 Å². The molecule has 0 radical (unpaired) electrons. The van der Waals surface area contributed by atoms with Crippen LogP contribution in [-0.4, -0.2) is 9.97 Å². The van der Waals surface area contributed by atoms with Gasteiger partial charge in [-0.1, -0.05) is 6.07 Å². The maximum Gasteiger partial charge on any atom is 0.0898 e. The molecule has 0 spiro atoms. The highest BCUT2D eigenvalue weighted by Gasteiger charge is 2.12. The molecule has 2 aromatic rings.